The summed E-state index contributed by atoms with van der Waals surface area (Å²) in [5, 5.41) is 4.37. The number of hydrazine groups is 1. The molecule has 4 amide bonds. The van der Waals surface area contributed by atoms with Crippen LogP contribution in [-0.2, 0) is 16.1 Å². The van der Waals surface area contributed by atoms with Gasteiger partial charge in [-0.1, -0.05) is 29.8 Å². The van der Waals surface area contributed by atoms with Crippen molar-refractivity contribution >= 4 is 23.5 Å². The summed E-state index contributed by atoms with van der Waals surface area (Å²) in [6, 6.07) is 11.6. The van der Waals surface area contributed by atoms with E-state index in [1.165, 1.54) is 29.2 Å². The molecule has 2 aromatic carbocycles. The minimum atomic E-state index is -0.753. The van der Waals surface area contributed by atoms with Gasteiger partial charge in [-0.05, 0) is 43.7 Å². The number of carbonyl (C=O) groups excluding carboxylic acids is 3. The quantitative estimate of drug-likeness (QED) is 0.726. The van der Waals surface area contributed by atoms with Crippen molar-refractivity contribution in [2.45, 2.75) is 26.4 Å². The van der Waals surface area contributed by atoms with Crippen molar-refractivity contribution in [3.63, 3.8) is 0 Å². The van der Waals surface area contributed by atoms with Crippen LogP contribution in [0.1, 0.15) is 18.1 Å². The molecular weight excluding hydrogens is 413 g/mol. The van der Waals surface area contributed by atoms with Crippen LogP contribution in [0.3, 0.4) is 0 Å². The molecule has 1 atom stereocenters. The number of benzene rings is 2. The number of aryl methyl sites for hydroxylation is 1. The molecule has 0 aliphatic carbocycles. The zero-order valence-corrected chi connectivity index (χ0v) is 17.8. The highest BCUT2D eigenvalue weighted by Crippen LogP contribution is 2.27. The van der Waals surface area contributed by atoms with Crippen LogP contribution < -0.4 is 10.7 Å². The molecular formula is C23H24FN5O3. The lowest BCUT2D eigenvalue weighted by molar-refractivity contribution is -0.133. The molecule has 9 heteroatoms. The number of urea groups is 1. The summed E-state index contributed by atoms with van der Waals surface area (Å²) in [7, 11) is 0. The topological polar surface area (TPSA) is 85.0 Å². The lowest BCUT2D eigenvalue weighted by atomic mass is 10.1. The van der Waals surface area contributed by atoms with Crippen LogP contribution in [0.15, 0.2) is 60.4 Å². The molecule has 8 nitrogen and oxygen atoms in total. The standard InChI is InChI=1S/C23H24FN5O3/c1-3-27-13-19-21(26-27)22(31)29(12-16-6-4-15(2)5-7-16)23(32)28(19)14-20(30)25-18-10-8-17(24)9-11-18/h4-11,13,21,26H,3,12,14H2,1-2H3,(H,25,30). The first-order chi connectivity index (χ1) is 15.4. The SMILES string of the molecule is CCN1C=C2C(N1)C(=O)N(Cc1ccc(C)cc1)C(=O)N2CC(=O)Nc1ccc(F)cc1. The van der Waals surface area contributed by atoms with Gasteiger partial charge in [0, 0.05) is 18.4 Å². The van der Waals surface area contributed by atoms with E-state index in [2.05, 4.69) is 10.7 Å². The number of hydrogen-bond donors (Lipinski definition) is 2. The molecule has 1 saturated heterocycles. The van der Waals surface area contributed by atoms with Crippen LogP contribution in [-0.4, -0.2) is 51.8 Å². The molecule has 0 spiro atoms. The van der Waals surface area contributed by atoms with Gasteiger partial charge in [-0.2, -0.15) is 0 Å². The van der Waals surface area contributed by atoms with Gasteiger partial charge in [-0.15, -0.1) is 0 Å². The molecule has 2 aliphatic rings. The van der Waals surface area contributed by atoms with Crippen molar-refractivity contribution in [1.29, 1.82) is 0 Å². The average Bonchev–Trinajstić information content (AvgIpc) is 3.22. The second-order valence-corrected chi connectivity index (χ2v) is 7.74. The number of nitrogens with one attached hydrogen (secondary N) is 2. The zero-order valence-electron chi connectivity index (χ0n) is 17.8. The smallest absolute Gasteiger partial charge is 0.325 e. The predicted octanol–water partition coefficient (Wildman–Crippen LogP) is 2.59. The molecule has 2 aromatic rings. The second-order valence-electron chi connectivity index (χ2n) is 7.74. The Kier molecular flexibility index (Phi) is 5.91. The maximum Gasteiger partial charge on any atom is 0.331 e. The summed E-state index contributed by atoms with van der Waals surface area (Å²) in [6.45, 7) is 4.26. The monoisotopic (exact) mass is 437 g/mol. The molecule has 0 bridgehead atoms. The molecule has 166 valence electrons. The predicted molar refractivity (Wildman–Crippen MR) is 116 cm³/mol. The summed E-state index contributed by atoms with van der Waals surface area (Å²) in [5.41, 5.74) is 5.81. The van der Waals surface area contributed by atoms with Crippen molar-refractivity contribution in [3.8, 4) is 0 Å². The summed E-state index contributed by atoms with van der Waals surface area (Å²) >= 11 is 0. The number of anilines is 1. The van der Waals surface area contributed by atoms with E-state index in [1.807, 2.05) is 38.1 Å². The number of rotatable bonds is 6. The van der Waals surface area contributed by atoms with Crippen molar-refractivity contribution in [3.05, 3.63) is 77.4 Å². The van der Waals surface area contributed by atoms with Crippen LogP contribution >= 0.6 is 0 Å². The maximum absolute atomic E-state index is 13.3. The molecule has 32 heavy (non-hydrogen) atoms. The van der Waals surface area contributed by atoms with E-state index in [0.717, 1.165) is 16.0 Å². The van der Waals surface area contributed by atoms with Crippen LogP contribution in [0.5, 0.6) is 0 Å². The van der Waals surface area contributed by atoms with E-state index in [1.54, 1.807) is 11.2 Å². The molecule has 0 saturated carbocycles. The first-order valence-corrected chi connectivity index (χ1v) is 10.3. The largest absolute Gasteiger partial charge is 0.331 e. The molecule has 0 radical (unpaired) electrons. The van der Waals surface area contributed by atoms with Crippen molar-refractivity contribution in [2.75, 3.05) is 18.4 Å². The lowest BCUT2D eigenvalue weighted by Crippen LogP contribution is -2.61. The number of amides is 4. The van der Waals surface area contributed by atoms with Gasteiger partial charge in [0.05, 0.1) is 12.2 Å². The molecule has 2 heterocycles. The van der Waals surface area contributed by atoms with E-state index in [4.69, 9.17) is 0 Å². The summed E-state index contributed by atoms with van der Waals surface area (Å²) in [4.78, 5) is 41.5. The Labute approximate surface area is 185 Å². The molecule has 1 fully saturated rings. The van der Waals surface area contributed by atoms with E-state index in [9.17, 15) is 18.8 Å². The van der Waals surface area contributed by atoms with Gasteiger partial charge in [0.15, 0.2) is 0 Å². The fraction of sp³-hybridized carbons (Fsp3) is 0.261. The second kappa shape index (κ2) is 8.80. The van der Waals surface area contributed by atoms with Crippen molar-refractivity contribution in [1.82, 2.24) is 20.2 Å². The third-order valence-corrected chi connectivity index (χ3v) is 5.40. The Morgan fingerprint density at radius 1 is 1.06 bits per heavy atom. The number of hydrogen-bond acceptors (Lipinski definition) is 5. The number of halogens is 1. The molecule has 2 aliphatic heterocycles. The van der Waals surface area contributed by atoms with E-state index in [-0.39, 0.29) is 19.0 Å². The van der Waals surface area contributed by atoms with Gasteiger partial charge in [-0.25, -0.2) is 14.6 Å². The van der Waals surface area contributed by atoms with Gasteiger partial charge in [0.25, 0.3) is 5.91 Å². The maximum atomic E-state index is 13.3. The normalized spacial score (nSPS) is 18.0. The number of carbonyl (C=O) groups is 3. The van der Waals surface area contributed by atoms with Crippen LogP contribution in [0, 0.1) is 12.7 Å². The van der Waals surface area contributed by atoms with E-state index < -0.39 is 23.8 Å². The summed E-state index contributed by atoms with van der Waals surface area (Å²) < 4.78 is 13.1. The summed E-state index contributed by atoms with van der Waals surface area (Å²) in [6.07, 6.45) is 1.68. The Morgan fingerprint density at radius 3 is 2.41 bits per heavy atom. The average molecular weight is 437 g/mol. The van der Waals surface area contributed by atoms with E-state index in [0.29, 0.717) is 17.9 Å². The first kappa shape index (κ1) is 21.5. The fourth-order valence-corrected chi connectivity index (χ4v) is 3.66. The number of imide groups is 1. The molecule has 1 unspecified atom stereocenters. The third-order valence-electron chi connectivity index (χ3n) is 5.40. The van der Waals surface area contributed by atoms with Gasteiger partial charge in [0.2, 0.25) is 5.91 Å². The van der Waals surface area contributed by atoms with Crippen molar-refractivity contribution in [2.24, 2.45) is 0 Å². The minimum absolute atomic E-state index is 0.103. The minimum Gasteiger partial charge on any atom is -0.325 e. The zero-order chi connectivity index (χ0) is 22.8. The first-order valence-electron chi connectivity index (χ1n) is 10.3. The Morgan fingerprint density at radius 2 is 1.75 bits per heavy atom. The van der Waals surface area contributed by atoms with Crippen LogP contribution in [0.25, 0.3) is 0 Å². The highest BCUT2D eigenvalue weighted by molar-refractivity contribution is 6.05. The van der Waals surface area contributed by atoms with Gasteiger partial charge in [0.1, 0.15) is 18.4 Å². The Bertz CT molecular complexity index is 1070. The molecule has 4 rings (SSSR count). The molecule has 0 aromatic heterocycles. The van der Waals surface area contributed by atoms with Gasteiger partial charge in [-0.3, -0.25) is 19.4 Å². The molecule has 2 N–H and O–H groups in total. The van der Waals surface area contributed by atoms with Crippen LogP contribution in [0.2, 0.25) is 0 Å². The van der Waals surface area contributed by atoms with Gasteiger partial charge >= 0.3 is 6.03 Å². The third kappa shape index (κ3) is 4.33. The lowest BCUT2D eigenvalue weighted by Gasteiger charge is -2.37. The van der Waals surface area contributed by atoms with Gasteiger partial charge < -0.3 is 10.3 Å². The highest BCUT2D eigenvalue weighted by Gasteiger charge is 2.46. The number of fused-ring (bicyclic) bond motifs is 1. The number of nitrogens with zero attached hydrogens (tertiary/aromatic N) is 3. The van der Waals surface area contributed by atoms with Crippen molar-refractivity contribution < 1.29 is 18.8 Å². The highest BCUT2D eigenvalue weighted by atomic mass is 19.1. The van der Waals surface area contributed by atoms with Crippen LogP contribution in [0.4, 0.5) is 14.9 Å². The van der Waals surface area contributed by atoms with E-state index >= 15 is 0 Å². The fourth-order valence-electron chi connectivity index (χ4n) is 3.66. The Hall–Kier alpha value is -3.72. The summed E-state index contributed by atoms with van der Waals surface area (Å²) in [5.74, 6) is -1.23. The Balaban J connectivity index is 1.57.